The van der Waals surface area contributed by atoms with Crippen LogP contribution in [0.25, 0.3) is 10.8 Å². The fraction of sp³-hybridized carbons (Fsp3) is 0. The fourth-order valence-electron chi connectivity index (χ4n) is 2.07. The summed E-state index contributed by atoms with van der Waals surface area (Å²) < 4.78 is 0.409. The average Bonchev–Trinajstić information content (AvgIpc) is 2.58. The zero-order valence-corrected chi connectivity index (χ0v) is 14.3. The van der Waals surface area contributed by atoms with Crippen molar-refractivity contribution < 1.29 is 4.92 Å². The van der Waals surface area contributed by atoms with E-state index in [1.165, 1.54) is 12.3 Å². The standard InChI is InChI=1S/C15H9BrClN5O2/c16-12-6-5-9(7-13(12)22(23)24)8-18-20-15-11-4-2-1-3-10(11)14(17)19-21-15/h1-8H,(H,20,21). The molecule has 2 aromatic carbocycles. The van der Waals surface area contributed by atoms with E-state index in [2.05, 4.69) is 36.7 Å². The molecule has 0 aliphatic heterocycles. The van der Waals surface area contributed by atoms with Crippen LogP contribution in [0.1, 0.15) is 5.56 Å². The number of nitro benzene ring substituents is 1. The zero-order valence-electron chi connectivity index (χ0n) is 12.0. The zero-order chi connectivity index (χ0) is 17.1. The van der Waals surface area contributed by atoms with Crippen LogP contribution in [0.3, 0.4) is 0 Å². The van der Waals surface area contributed by atoms with Gasteiger partial charge in [0, 0.05) is 22.4 Å². The minimum Gasteiger partial charge on any atom is -0.259 e. The van der Waals surface area contributed by atoms with Gasteiger partial charge >= 0.3 is 0 Å². The van der Waals surface area contributed by atoms with E-state index in [1.54, 1.807) is 12.1 Å². The highest BCUT2D eigenvalue weighted by atomic mass is 79.9. The lowest BCUT2D eigenvalue weighted by atomic mass is 10.2. The number of rotatable bonds is 4. The number of hydrogen-bond acceptors (Lipinski definition) is 6. The number of halogens is 2. The van der Waals surface area contributed by atoms with Crippen molar-refractivity contribution in [3.8, 4) is 0 Å². The molecule has 7 nitrogen and oxygen atoms in total. The van der Waals surface area contributed by atoms with Crippen LogP contribution in [0.4, 0.5) is 11.5 Å². The van der Waals surface area contributed by atoms with Crippen LogP contribution in [0.5, 0.6) is 0 Å². The van der Waals surface area contributed by atoms with E-state index in [9.17, 15) is 10.1 Å². The van der Waals surface area contributed by atoms with Crippen molar-refractivity contribution in [2.24, 2.45) is 5.10 Å². The molecule has 120 valence electrons. The Hall–Kier alpha value is -2.58. The third kappa shape index (κ3) is 3.34. The minimum absolute atomic E-state index is 0.0318. The quantitative estimate of drug-likeness (QED) is 0.394. The van der Waals surface area contributed by atoms with Crippen molar-refractivity contribution >= 4 is 56.0 Å². The van der Waals surface area contributed by atoms with Crippen LogP contribution in [-0.4, -0.2) is 21.3 Å². The fourth-order valence-corrected chi connectivity index (χ4v) is 2.67. The van der Waals surface area contributed by atoms with Crippen LogP contribution >= 0.6 is 27.5 Å². The van der Waals surface area contributed by atoms with Crippen molar-refractivity contribution in [2.45, 2.75) is 0 Å². The number of anilines is 1. The molecule has 0 aliphatic carbocycles. The molecule has 1 heterocycles. The molecule has 0 fully saturated rings. The summed E-state index contributed by atoms with van der Waals surface area (Å²) in [5.41, 5.74) is 3.32. The molecule has 3 aromatic rings. The number of fused-ring (bicyclic) bond motifs is 1. The van der Waals surface area contributed by atoms with E-state index in [1.807, 2.05) is 24.3 Å². The summed E-state index contributed by atoms with van der Waals surface area (Å²) >= 11 is 9.15. The number of nitrogens with zero attached hydrogens (tertiary/aromatic N) is 4. The summed E-state index contributed by atoms with van der Waals surface area (Å²) in [5.74, 6) is 0.442. The summed E-state index contributed by atoms with van der Waals surface area (Å²) in [5, 5.41) is 24.7. The molecule has 0 bridgehead atoms. The predicted octanol–water partition coefficient (Wildman–Crippen LogP) is 4.40. The van der Waals surface area contributed by atoms with E-state index >= 15 is 0 Å². The van der Waals surface area contributed by atoms with Gasteiger partial charge in [0.15, 0.2) is 11.0 Å². The van der Waals surface area contributed by atoms with Crippen molar-refractivity contribution in [3.63, 3.8) is 0 Å². The van der Waals surface area contributed by atoms with E-state index in [0.29, 0.717) is 21.0 Å². The molecular formula is C15H9BrClN5O2. The lowest BCUT2D eigenvalue weighted by Gasteiger charge is -2.04. The number of hydrazone groups is 1. The first-order chi connectivity index (χ1) is 11.6. The number of nitrogens with one attached hydrogen (secondary N) is 1. The summed E-state index contributed by atoms with van der Waals surface area (Å²) in [6, 6.07) is 12.1. The van der Waals surface area contributed by atoms with Gasteiger partial charge in [0.25, 0.3) is 5.69 Å². The van der Waals surface area contributed by atoms with E-state index < -0.39 is 4.92 Å². The summed E-state index contributed by atoms with van der Waals surface area (Å²) in [7, 11) is 0. The molecule has 3 rings (SSSR count). The summed E-state index contributed by atoms with van der Waals surface area (Å²) in [4.78, 5) is 10.5. The molecule has 0 radical (unpaired) electrons. The largest absolute Gasteiger partial charge is 0.284 e. The molecule has 1 aromatic heterocycles. The van der Waals surface area contributed by atoms with Gasteiger partial charge < -0.3 is 0 Å². The third-order valence-corrected chi connectivity index (χ3v) is 4.14. The van der Waals surface area contributed by atoms with Crippen LogP contribution in [-0.2, 0) is 0 Å². The Balaban J connectivity index is 1.86. The van der Waals surface area contributed by atoms with E-state index in [-0.39, 0.29) is 5.69 Å². The van der Waals surface area contributed by atoms with Crippen LogP contribution in [0.15, 0.2) is 52.0 Å². The van der Waals surface area contributed by atoms with Crippen LogP contribution in [0, 0.1) is 10.1 Å². The second-order valence-electron chi connectivity index (χ2n) is 4.72. The lowest BCUT2D eigenvalue weighted by Crippen LogP contribution is -1.98. The van der Waals surface area contributed by atoms with Gasteiger partial charge in [-0.2, -0.15) is 5.10 Å². The number of hydrogen-bond donors (Lipinski definition) is 1. The Morgan fingerprint density at radius 1 is 1.21 bits per heavy atom. The molecule has 0 atom stereocenters. The molecule has 0 unspecified atom stereocenters. The smallest absolute Gasteiger partial charge is 0.259 e. The van der Waals surface area contributed by atoms with Crippen molar-refractivity contribution in [1.29, 1.82) is 0 Å². The normalized spacial score (nSPS) is 11.1. The second-order valence-corrected chi connectivity index (χ2v) is 5.94. The topological polar surface area (TPSA) is 93.3 Å². The first-order valence-electron chi connectivity index (χ1n) is 6.70. The first kappa shape index (κ1) is 16.3. The monoisotopic (exact) mass is 405 g/mol. The van der Waals surface area contributed by atoms with E-state index in [0.717, 1.165) is 10.8 Å². The molecule has 0 amide bonds. The van der Waals surface area contributed by atoms with Gasteiger partial charge in [0.05, 0.1) is 15.6 Å². The summed E-state index contributed by atoms with van der Waals surface area (Å²) in [6.45, 7) is 0. The lowest BCUT2D eigenvalue weighted by molar-refractivity contribution is -0.385. The Labute approximate surface area is 149 Å². The van der Waals surface area contributed by atoms with Gasteiger partial charge in [-0.3, -0.25) is 15.5 Å². The predicted molar refractivity (Wildman–Crippen MR) is 96.6 cm³/mol. The molecule has 0 saturated carbocycles. The first-order valence-corrected chi connectivity index (χ1v) is 7.87. The summed E-state index contributed by atoms with van der Waals surface area (Å²) in [6.07, 6.45) is 1.46. The van der Waals surface area contributed by atoms with Crippen molar-refractivity contribution in [2.75, 3.05) is 5.43 Å². The molecule has 0 aliphatic rings. The molecule has 0 spiro atoms. The van der Waals surface area contributed by atoms with Crippen molar-refractivity contribution in [1.82, 2.24) is 10.2 Å². The van der Waals surface area contributed by atoms with Crippen molar-refractivity contribution in [3.05, 3.63) is 67.8 Å². The van der Waals surface area contributed by atoms with E-state index in [4.69, 9.17) is 11.6 Å². The Kier molecular flexibility index (Phi) is 4.68. The Morgan fingerprint density at radius 3 is 2.71 bits per heavy atom. The molecule has 9 heteroatoms. The maximum Gasteiger partial charge on any atom is 0.284 e. The molecule has 1 N–H and O–H groups in total. The molecule has 0 saturated heterocycles. The van der Waals surface area contributed by atoms with Gasteiger partial charge in [-0.05, 0) is 22.0 Å². The highest BCUT2D eigenvalue weighted by molar-refractivity contribution is 9.10. The van der Waals surface area contributed by atoms with Gasteiger partial charge in [0.2, 0.25) is 0 Å². The van der Waals surface area contributed by atoms with Gasteiger partial charge in [-0.25, -0.2) is 0 Å². The van der Waals surface area contributed by atoms with Gasteiger partial charge in [-0.1, -0.05) is 41.9 Å². The maximum absolute atomic E-state index is 10.9. The van der Waals surface area contributed by atoms with Gasteiger partial charge in [-0.15, -0.1) is 10.2 Å². The number of benzene rings is 2. The maximum atomic E-state index is 10.9. The Bertz CT molecular complexity index is 964. The molecular weight excluding hydrogens is 398 g/mol. The van der Waals surface area contributed by atoms with Gasteiger partial charge in [0.1, 0.15) is 0 Å². The SMILES string of the molecule is O=[N+]([O-])c1cc(C=NNc2nnc(Cl)c3ccccc23)ccc1Br. The van der Waals surface area contributed by atoms with Crippen LogP contribution in [0.2, 0.25) is 5.15 Å². The second kappa shape index (κ2) is 6.90. The van der Waals surface area contributed by atoms with Crippen LogP contribution < -0.4 is 5.43 Å². The minimum atomic E-state index is -0.465. The highest BCUT2D eigenvalue weighted by Crippen LogP contribution is 2.26. The Morgan fingerprint density at radius 2 is 1.96 bits per heavy atom. The highest BCUT2D eigenvalue weighted by Gasteiger charge is 2.11. The third-order valence-electron chi connectivity index (χ3n) is 3.19. The molecule has 24 heavy (non-hydrogen) atoms. The average molecular weight is 407 g/mol. The number of nitro groups is 1. The number of aromatic nitrogens is 2.